The quantitative estimate of drug-likeness (QED) is 0.634. The fourth-order valence-electron chi connectivity index (χ4n) is 3.06. The van der Waals surface area contributed by atoms with Crippen molar-refractivity contribution in [3.8, 4) is 11.5 Å². The summed E-state index contributed by atoms with van der Waals surface area (Å²) in [6.45, 7) is 1.40. The number of aromatic hydroxyl groups is 1. The van der Waals surface area contributed by atoms with Crippen LogP contribution in [0.2, 0.25) is 0 Å². The molecule has 148 valence electrons. The third-order valence-corrected chi connectivity index (χ3v) is 5.69. The van der Waals surface area contributed by atoms with Crippen LogP contribution in [0.1, 0.15) is 44.5 Å². The number of rotatable bonds is 6. The number of benzene rings is 1. The van der Waals surface area contributed by atoms with Crippen molar-refractivity contribution in [3.05, 3.63) is 39.8 Å². The highest BCUT2D eigenvalue weighted by Gasteiger charge is 2.28. The molecule has 1 aliphatic rings. The van der Waals surface area contributed by atoms with Gasteiger partial charge in [0.25, 0.3) is 11.8 Å². The summed E-state index contributed by atoms with van der Waals surface area (Å²) in [5.41, 5.74) is 6.60. The summed E-state index contributed by atoms with van der Waals surface area (Å²) in [7, 11) is 1.43. The second-order valence-electron chi connectivity index (χ2n) is 6.35. The number of aryl methyl sites for hydroxylation is 1. The van der Waals surface area contributed by atoms with Crippen LogP contribution < -0.4 is 15.8 Å². The van der Waals surface area contributed by atoms with Gasteiger partial charge in [-0.1, -0.05) is 0 Å². The zero-order valence-electron chi connectivity index (χ0n) is 15.4. The Labute approximate surface area is 165 Å². The number of ether oxygens (including phenoxy) is 2. The van der Waals surface area contributed by atoms with E-state index in [-0.39, 0.29) is 11.3 Å². The Balaban J connectivity index is 1.70. The minimum absolute atomic E-state index is 0.0895. The molecule has 0 radical (unpaired) electrons. The maximum absolute atomic E-state index is 12.5. The van der Waals surface area contributed by atoms with Crippen LogP contribution in [0.4, 0.5) is 5.00 Å². The molecule has 1 heterocycles. The monoisotopic (exact) mass is 404 g/mol. The van der Waals surface area contributed by atoms with Gasteiger partial charge in [0, 0.05) is 10.9 Å². The van der Waals surface area contributed by atoms with E-state index in [1.54, 1.807) is 0 Å². The molecule has 0 bridgehead atoms. The molecule has 1 atom stereocenters. The summed E-state index contributed by atoms with van der Waals surface area (Å²) in [5.74, 6) is -1.98. The highest BCUT2D eigenvalue weighted by molar-refractivity contribution is 7.17. The molecule has 0 aliphatic heterocycles. The van der Waals surface area contributed by atoms with Crippen molar-refractivity contribution in [2.45, 2.75) is 32.3 Å². The van der Waals surface area contributed by atoms with Crippen LogP contribution in [0, 0.1) is 0 Å². The summed E-state index contributed by atoms with van der Waals surface area (Å²) in [4.78, 5) is 37.5. The van der Waals surface area contributed by atoms with E-state index in [9.17, 15) is 19.5 Å². The molecule has 9 heteroatoms. The third kappa shape index (κ3) is 3.79. The van der Waals surface area contributed by atoms with Gasteiger partial charge in [-0.15, -0.1) is 11.3 Å². The number of nitrogens with two attached hydrogens (primary N) is 1. The van der Waals surface area contributed by atoms with Crippen LogP contribution in [-0.2, 0) is 22.4 Å². The molecule has 0 spiro atoms. The zero-order chi connectivity index (χ0) is 20.4. The Morgan fingerprint density at radius 2 is 2.04 bits per heavy atom. The number of phenols is 1. The Bertz CT molecular complexity index is 952. The topological polar surface area (TPSA) is 128 Å². The number of carbonyl (C=O) groups is 3. The first-order chi connectivity index (χ1) is 13.3. The van der Waals surface area contributed by atoms with Crippen LogP contribution in [-0.4, -0.2) is 36.1 Å². The van der Waals surface area contributed by atoms with Gasteiger partial charge in [-0.25, -0.2) is 4.79 Å². The lowest BCUT2D eigenvalue weighted by molar-refractivity contribution is -0.123. The maximum atomic E-state index is 12.5. The summed E-state index contributed by atoms with van der Waals surface area (Å²) >= 11 is 1.32. The summed E-state index contributed by atoms with van der Waals surface area (Å²) in [6, 6.07) is 4.11. The molecule has 1 aromatic heterocycles. The van der Waals surface area contributed by atoms with Crippen molar-refractivity contribution in [1.29, 1.82) is 0 Å². The first-order valence-electron chi connectivity index (χ1n) is 8.65. The number of hydrogen-bond acceptors (Lipinski definition) is 7. The van der Waals surface area contributed by atoms with Gasteiger partial charge in [-0.2, -0.15) is 0 Å². The molecule has 2 aromatic rings. The van der Waals surface area contributed by atoms with Crippen molar-refractivity contribution in [2.24, 2.45) is 5.73 Å². The number of carbonyl (C=O) groups excluding carboxylic acids is 3. The Hall–Kier alpha value is -3.07. The average Bonchev–Trinajstić information content (AvgIpc) is 3.21. The molecular formula is C19H20N2O6S. The lowest BCUT2D eigenvalue weighted by atomic mass is 10.1. The lowest BCUT2D eigenvalue weighted by Crippen LogP contribution is -2.30. The van der Waals surface area contributed by atoms with E-state index in [1.807, 2.05) is 0 Å². The third-order valence-electron chi connectivity index (χ3n) is 4.48. The highest BCUT2D eigenvalue weighted by Crippen LogP contribution is 2.39. The Kier molecular flexibility index (Phi) is 5.55. The number of primary amides is 1. The van der Waals surface area contributed by atoms with Crippen LogP contribution >= 0.6 is 11.3 Å². The van der Waals surface area contributed by atoms with E-state index >= 15 is 0 Å². The van der Waals surface area contributed by atoms with E-state index < -0.39 is 23.9 Å². The normalized spacial score (nSPS) is 13.5. The Morgan fingerprint density at radius 1 is 1.29 bits per heavy atom. The molecule has 8 nitrogen and oxygen atoms in total. The zero-order valence-corrected chi connectivity index (χ0v) is 16.2. The summed E-state index contributed by atoms with van der Waals surface area (Å²) in [5, 5.41) is 12.9. The minimum atomic E-state index is -1.15. The number of fused-ring (bicyclic) bond motifs is 1. The largest absolute Gasteiger partial charge is 0.507 e. The van der Waals surface area contributed by atoms with Crippen LogP contribution in [0.15, 0.2) is 18.2 Å². The number of amides is 2. The smallest absolute Gasteiger partial charge is 0.342 e. The second-order valence-corrected chi connectivity index (χ2v) is 7.45. The minimum Gasteiger partial charge on any atom is -0.507 e. The molecular weight excluding hydrogens is 384 g/mol. The van der Waals surface area contributed by atoms with Crippen LogP contribution in [0.5, 0.6) is 11.5 Å². The summed E-state index contributed by atoms with van der Waals surface area (Å²) < 4.78 is 10.1. The van der Waals surface area contributed by atoms with Crippen molar-refractivity contribution in [2.75, 3.05) is 12.4 Å². The van der Waals surface area contributed by atoms with Crippen LogP contribution in [0.3, 0.4) is 0 Å². The standard InChI is InChI=1S/C19H20N2O6S/c1-9(27-19(25)11-7-6-10(26-2)8-13(11)22)17(24)21-18-15(16(20)23)12-4-3-5-14(12)28-18/h6-9,22H,3-5H2,1-2H3,(H2,20,23)(H,21,24)/t9-/m0/s1. The number of anilines is 1. The Morgan fingerprint density at radius 3 is 2.68 bits per heavy atom. The highest BCUT2D eigenvalue weighted by atomic mass is 32.1. The van der Waals surface area contributed by atoms with Crippen molar-refractivity contribution in [3.63, 3.8) is 0 Å². The van der Waals surface area contributed by atoms with E-state index in [2.05, 4.69) is 5.32 Å². The lowest BCUT2D eigenvalue weighted by Gasteiger charge is -2.14. The number of thiophene rings is 1. The van der Waals surface area contributed by atoms with Crippen molar-refractivity contribution < 1.29 is 29.0 Å². The first-order valence-corrected chi connectivity index (χ1v) is 9.46. The molecule has 3 rings (SSSR count). The van der Waals surface area contributed by atoms with Gasteiger partial charge < -0.3 is 25.6 Å². The van der Waals surface area contributed by atoms with E-state index in [1.165, 1.54) is 43.6 Å². The maximum Gasteiger partial charge on any atom is 0.342 e. The van der Waals surface area contributed by atoms with E-state index in [0.29, 0.717) is 16.3 Å². The number of hydrogen-bond donors (Lipinski definition) is 3. The predicted octanol–water partition coefficient (Wildman–Crippen LogP) is 2.23. The molecule has 1 aliphatic carbocycles. The number of nitrogens with one attached hydrogen (secondary N) is 1. The van der Waals surface area contributed by atoms with Crippen molar-refractivity contribution in [1.82, 2.24) is 0 Å². The molecule has 1 aromatic carbocycles. The fourth-order valence-corrected chi connectivity index (χ4v) is 4.35. The first kappa shape index (κ1) is 19.7. The van der Waals surface area contributed by atoms with Gasteiger partial charge in [-0.05, 0) is 43.9 Å². The number of esters is 1. The fraction of sp³-hybridized carbons (Fsp3) is 0.316. The molecule has 0 fully saturated rings. The molecule has 28 heavy (non-hydrogen) atoms. The molecule has 2 amide bonds. The van der Waals surface area contributed by atoms with Gasteiger partial charge in [0.2, 0.25) is 0 Å². The van der Waals surface area contributed by atoms with Gasteiger partial charge in [-0.3, -0.25) is 9.59 Å². The number of methoxy groups -OCH3 is 1. The second kappa shape index (κ2) is 7.89. The predicted molar refractivity (Wildman–Crippen MR) is 103 cm³/mol. The van der Waals surface area contributed by atoms with Gasteiger partial charge in [0.05, 0.1) is 12.7 Å². The number of phenolic OH excluding ortho intramolecular Hbond substituents is 1. The van der Waals surface area contributed by atoms with Gasteiger partial charge in [0.1, 0.15) is 22.1 Å². The van der Waals surface area contributed by atoms with Gasteiger partial charge >= 0.3 is 5.97 Å². The summed E-state index contributed by atoms with van der Waals surface area (Å²) in [6.07, 6.45) is 1.40. The molecule has 0 saturated carbocycles. The van der Waals surface area contributed by atoms with Crippen molar-refractivity contribution >= 4 is 34.1 Å². The van der Waals surface area contributed by atoms with Crippen LogP contribution in [0.25, 0.3) is 0 Å². The molecule has 0 saturated heterocycles. The molecule has 0 unspecified atom stereocenters. The average molecular weight is 404 g/mol. The molecule has 4 N–H and O–H groups in total. The van der Waals surface area contributed by atoms with E-state index in [0.717, 1.165) is 29.7 Å². The SMILES string of the molecule is COc1ccc(C(=O)O[C@@H](C)C(=O)Nc2sc3c(c2C(N)=O)CCC3)c(O)c1. The van der Waals surface area contributed by atoms with Gasteiger partial charge in [0.15, 0.2) is 6.10 Å². The van der Waals surface area contributed by atoms with E-state index in [4.69, 9.17) is 15.2 Å².